The number of ether oxygens (including phenoxy) is 2. The van der Waals surface area contributed by atoms with Crippen molar-refractivity contribution < 1.29 is 19.7 Å². The molecule has 1 unspecified atom stereocenters. The number of aromatic hydroxyl groups is 2. The first-order valence-corrected chi connectivity index (χ1v) is 12.9. The summed E-state index contributed by atoms with van der Waals surface area (Å²) in [7, 11) is 0. The zero-order valence-corrected chi connectivity index (χ0v) is 21.3. The number of hydrogen-bond donors (Lipinski definition) is 2. The van der Waals surface area contributed by atoms with Gasteiger partial charge in [0.2, 0.25) is 0 Å². The first-order chi connectivity index (χ1) is 17.4. The van der Waals surface area contributed by atoms with E-state index >= 15 is 0 Å². The van der Waals surface area contributed by atoms with Crippen molar-refractivity contribution in [3.63, 3.8) is 0 Å². The van der Waals surface area contributed by atoms with Crippen molar-refractivity contribution in [2.24, 2.45) is 5.92 Å². The molecular weight excluding hydrogens is 450 g/mol. The second kappa shape index (κ2) is 10.3. The summed E-state index contributed by atoms with van der Waals surface area (Å²) >= 11 is 0. The van der Waals surface area contributed by atoms with Crippen LogP contribution in [0.25, 0.3) is 11.1 Å². The number of phenolic OH excluding ortho intramolecular Hbond substituents is 2. The van der Waals surface area contributed by atoms with Gasteiger partial charge in [-0.05, 0) is 85.8 Å². The third-order valence-corrected chi connectivity index (χ3v) is 7.65. The van der Waals surface area contributed by atoms with Crippen LogP contribution < -0.4 is 9.47 Å². The minimum absolute atomic E-state index is 0.175. The minimum Gasteiger partial charge on any atom is -0.508 e. The molecule has 3 aromatic rings. The van der Waals surface area contributed by atoms with E-state index in [4.69, 9.17) is 9.47 Å². The number of hydrogen-bond acceptors (Lipinski definition) is 5. The summed E-state index contributed by atoms with van der Waals surface area (Å²) in [6.45, 7) is 9.59. The van der Waals surface area contributed by atoms with Crippen LogP contribution in [0.1, 0.15) is 56.4 Å². The van der Waals surface area contributed by atoms with Gasteiger partial charge in [0.1, 0.15) is 35.7 Å². The Morgan fingerprint density at radius 2 is 1.72 bits per heavy atom. The number of rotatable bonds is 7. The normalized spacial score (nSPS) is 20.6. The maximum absolute atomic E-state index is 10.0. The molecule has 0 saturated carbocycles. The average molecular weight is 486 g/mol. The highest BCUT2D eigenvalue weighted by molar-refractivity contribution is 5.95. The van der Waals surface area contributed by atoms with Crippen LogP contribution in [-0.4, -0.2) is 40.9 Å². The molecule has 0 aliphatic carbocycles. The third-order valence-electron chi connectivity index (χ3n) is 7.65. The van der Waals surface area contributed by atoms with Gasteiger partial charge in [-0.3, -0.25) is 4.90 Å². The Bertz CT molecular complexity index is 1230. The summed E-state index contributed by atoms with van der Waals surface area (Å²) in [6.07, 6.45) is 2.18. The van der Waals surface area contributed by atoms with E-state index in [2.05, 4.69) is 37.8 Å². The fourth-order valence-electron chi connectivity index (χ4n) is 5.35. The number of likely N-dealkylation sites (tertiary alicyclic amines) is 1. The van der Waals surface area contributed by atoms with Gasteiger partial charge in [0.15, 0.2) is 0 Å². The van der Waals surface area contributed by atoms with Gasteiger partial charge in [-0.25, -0.2) is 0 Å². The summed E-state index contributed by atoms with van der Waals surface area (Å²) in [5.74, 6) is 2.72. The number of phenols is 2. The van der Waals surface area contributed by atoms with Crippen molar-refractivity contribution in [2.75, 3.05) is 19.7 Å². The maximum atomic E-state index is 10.0. The summed E-state index contributed by atoms with van der Waals surface area (Å²) in [4.78, 5) is 2.53. The van der Waals surface area contributed by atoms with Crippen LogP contribution >= 0.6 is 0 Å². The smallest absolute Gasteiger partial charge is 0.150 e. The molecule has 3 atom stereocenters. The van der Waals surface area contributed by atoms with Crippen LogP contribution in [0.4, 0.5) is 0 Å². The van der Waals surface area contributed by atoms with E-state index in [9.17, 15) is 10.2 Å². The van der Waals surface area contributed by atoms with Crippen molar-refractivity contribution >= 4 is 11.1 Å². The van der Waals surface area contributed by atoms with Gasteiger partial charge in [0.05, 0.1) is 0 Å². The van der Waals surface area contributed by atoms with Crippen molar-refractivity contribution in [1.29, 1.82) is 0 Å². The van der Waals surface area contributed by atoms with Crippen molar-refractivity contribution in [3.05, 3.63) is 83.4 Å². The van der Waals surface area contributed by atoms with Gasteiger partial charge < -0.3 is 19.7 Å². The lowest BCUT2D eigenvalue weighted by atomic mass is 9.86. The molecule has 3 aromatic carbocycles. The molecule has 2 heterocycles. The lowest BCUT2D eigenvalue weighted by Crippen LogP contribution is -2.35. The predicted molar refractivity (Wildman–Crippen MR) is 143 cm³/mol. The first kappa shape index (κ1) is 24.3. The Morgan fingerprint density at radius 1 is 1.00 bits per heavy atom. The molecule has 0 aromatic heterocycles. The molecule has 5 nitrogen and oxygen atoms in total. The van der Waals surface area contributed by atoms with E-state index in [1.807, 2.05) is 30.3 Å². The molecule has 5 rings (SSSR count). The van der Waals surface area contributed by atoms with Gasteiger partial charge >= 0.3 is 0 Å². The Kier molecular flexibility index (Phi) is 6.92. The zero-order chi connectivity index (χ0) is 25.2. The first-order valence-electron chi connectivity index (χ1n) is 12.9. The topological polar surface area (TPSA) is 62.2 Å². The number of allylic oxidation sites excluding steroid dienone is 1. The van der Waals surface area contributed by atoms with E-state index in [1.165, 1.54) is 19.4 Å². The van der Waals surface area contributed by atoms with Gasteiger partial charge in [-0.15, -0.1) is 0 Å². The SMILES string of the molecule is CC[C@@H]1CCN([C@@H](C)COc2ccc(C3Oc4cc(O)ccc4C(C)=C3c3ccc(O)cc3)cc2)C1. The Balaban J connectivity index is 1.37. The summed E-state index contributed by atoms with van der Waals surface area (Å²) < 4.78 is 12.6. The fraction of sp³-hybridized carbons (Fsp3) is 0.355. The second-order valence-electron chi connectivity index (χ2n) is 10.1. The number of fused-ring (bicyclic) bond motifs is 1. The van der Waals surface area contributed by atoms with Crippen LogP contribution in [0.15, 0.2) is 66.7 Å². The van der Waals surface area contributed by atoms with Crippen LogP contribution in [0.2, 0.25) is 0 Å². The van der Waals surface area contributed by atoms with Gasteiger partial charge in [-0.2, -0.15) is 0 Å². The molecule has 1 saturated heterocycles. The highest BCUT2D eigenvalue weighted by atomic mass is 16.5. The molecule has 2 N–H and O–H groups in total. The van der Waals surface area contributed by atoms with E-state index in [0.717, 1.165) is 46.0 Å². The lowest BCUT2D eigenvalue weighted by molar-refractivity contribution is 0.168. The van der Waals surface area contributed by atoms with E-state index in [1.54, 1.807) is 24.3 Å². The van der Waals surface area contributed by atoms with Gasteiger partial charge in [-0.1, -0.05) is 37.6 Å². The molecule has 2 aliphatic rings. The molecule has 2 aliphatic heterocycles. The zero-order valence-electron chi connectivity index (χ0n) is 21.3. The highest BCUT2D eigenvalue weighted by Crippen LogP contribution is 2.47. The monoisotopic (exact) mass is 485 g/mol. The van der Waals surface area contributed by atoms with E-state index in [-0.39, 0.29) is 17.6 Å². The van der Waals surface area contributed by atoms with E-state index in [0.29, 0.717) is 18.4 Å². The van der Waals surface area contributed by atoms with Crippen LogP contribution in [0, 0.1) is 5.92 Å². The average Bonchev–Trinajstić information content (AvgIpc) is 3.38. The van der Waals surface area contributed by atoms with E-state index < -0.39 is 0 Å². The Morgan fingerprint density at radius 3 is 2.42 bits per heavy atom. The van der Waals surface area contributed by atoms with Crippen molar-refractivity contribution in [2.45, 2.75) is 45.8 Å². The summed E-state index contributed by atoms with van der Waals surface area (Å²) in [5.41, 5.74) is 5.05. The number of nitrogens with zero attached hydrogens (tertiary/aromatic N) is 1. The highest BCUT2D eigenvalue weighted by Gasteiger charge is 2.30. The van der Waals surface area contributed by atoms with Crippen molar-refractivity contribution in [1.82, 2.24) is 4.90 Å². The molecule has 0 amide bonds. The second-order valence-corrected chi connectivity index (χ2v) is 10.1. The van der Waals surface area contributed by atoms with Crippen LogP contribution in [-0.2, 0) is 0 Å². The van der Waals surface area contributed by atoms with Crippen LogP contribution in [0.5, 0.6) is 23.0 Å². The molecule has 188 valence electrons. The molecule has 1 fully saturated rings. The Labute approximate surface area is 213 Å². The maximum Gasteiger partial charge on any atom is 0.150 e. The quantitative estimate of drug-likeness (QED) is 0.392. The number of benzene rings is 3. The standard InChI is InChI=1S/C31H35NO4/c1-4-22-15-16-32(18-22)20(2)19-35-27-12-7-24(8-13-27)31-30(23-5-9-25(33)10-6-23)21(3)28-14-11-26(34)17-29(28)36-31/h5-14,17,20,22,31,33-34H,4,15-16,18-19H2,1-3H3/t20-,22+,31?/m0/s1. The molecular formula is C31H35NO4. The fourth-order valence-corrected chi connectivity index (χ4v) is 5.35. The molecule has 5 heteroatoms. The summed E-state index contributed by atoms with van der Waals surface area (Å²) in [6, 6.07) is 20.9. The Hall–Kier alpha value is -3.44. The molecule has 0 spiro atoms. The third kappa shape index (κ3) is 4.93. The largest absolute Gasteiger partial charge is 0.508 e. The predicted octanol–water partition coefficient (Wildman–Crippen LogP) is 6.66. The molecule has 0 radical (unpaired) electrons. The lowest BCUT2D eigenvalue weighted by Gasteiger charge is -2.31. The van der Waals surface area contributed by atoms with Gasteiger partial charge in [0, 0.05) is 29.8 Å². The van der Waals surface area contributed by atoms with Crippen molar-refractivity contribution in [3.8, 4) is 23.0 Å². The van der Waals surface area contributed by atoms with Crippen LogP contribution in [0.3, 0.4) is 0 Å². The van der Waals surface area contributed by atoms with Gasteiger partial charge in [0.25, 0.3) is 0 Å². The molecule has 36 heavy (non-hydrogen) atoms. The summed E-state index contributed by atoms with van der Waals surface area (Å²) in [5, 5.41) is 19.9. The molecule has 0 bridgehead atoms. The minimum atomic E-state index is -0.354.